The zero-order chi connectivity index (χ0) is 12.9. The number of hydrogen-bond donors (Lipinski definition) is 0. The molecule has 18 heavy (non-hydrogen) atoms. The second-order valence-corrected chi connectivity index (χ2v) is 5.23. The van der Waals surface area contributed by atoms with Gasteiger partial charge in [-0.25, -0.2) is 0 Å². The van der Waals surface area contributed by atoms with Crippen LogP contribution >= 0.6 is 0 Å². The predicted molar refractivity (Wildman–Crippen MR) is 66.4 cm³/mol. The number of ether oxygens (including phenoxy) is 1. The molecule has 0 amide bonds. The molecule has 1 aromatic carbocycles. The van der Waals surface area contributed by atoms with E-state index in [1.165, 1.54) is 0 Å². The Kier molecular flexibility index (Phi) is 2.60. The lowest BCUT2D eigenvalue weighted by Gasteiger charge is -2.35. The van der Waals surface area contributed by atoms with Crippen LogP contribution < -0.4 is 0 Å². The van der Waals surface area contributed by atoms with E-state index in [4.69, 9.17) is 4.74 Å². The molecule has 0 aromatic heterocycles. The summed E-state index contributed by atoms with van der Waals surface area (Å²) in [6, 6.07) is 5.57. The van der Waals surface area contributed by atoms with E-state index in [-0.39, 0.29) is 22.8 Å². The van der Waals surface area contributed by atoms with Crippen LogP contribution in [0, 0.1) is 10.1 Å². The van der Waals surface area contributed by atoms with Crippen LogP contribution in [0.5, 0.6) is 0 Å². The molecule has 2 aliphatic heterocycles. The highest BCUT2D eigenvalue weighted by molar-refractivity contribution is 5.45. The number of rotatable bonds is 2. The Hall–Kier alpha value is -1.46. The van der Waals surface area contributed by atoms with Crippen molar-refractivity contribution in [2.45, 2.75) is 32.1 Å². The number of non-ortho nitro benzene ring substituents is 1. The van der Waals surface area contributed by atoms with E-state index in [0.717, 1.165) is 24.2 Å². The van der Waals surface area contributed by atoms with Crippen LogP contribution in [0.15, 0.2) is 18.2 Å². The fourth-order valence-corrected chi connectivity index (χ4v) is 2.80. The molecule has 0 spiro atoms. The summed E-state index contributed by atoms with van der Waals surface area (Å²) in [4.78, 5) is 12.8. The standard InChI is InChI=1S/C13H16N2O3/c1-8(2)14-6-12-10-4-3-9(15(16)17)5-11(10)13(7-14)18-12/h3-5,8,12-13H,6-7H2,1-2H3. The maximum Gasteiger partial charge on any atom is 0.269 e. The van der Waals surface area contributed by atoms with Gasteiger partial charge in [0.1, 0.15) is 0 Å². The highest BCUT2D eigenvalue weighted by atomic mass is 16.6. The number of nitro benzene ring substituents is 1. The molecule has 2 bridgehead atoms. The minimum absolute atomic E-state index is 0.0129. The van der Waals surface area contributed by atoms with E-state index < -0.39 is 0 Å². The smallest absolute Gasteiger partial charge is 0.269 e. The zero-order valence-corrected chi connectivity index (χ0v) is 10.5. The summed E-state index contributed by atoms with van der Waals surface area (Å²) in [6.07, 6.45) is 0.0583. The number of fused-ring (bicyclic) bond motifs is 5. The van der Waals surface area contributed by atoms with Crippen molar-refractivity contribution in [2.75, 3.05) is 13.1 Å². The predicted octanol–water partition coefficient (Wildman–Crippen LogP) is 2.43. The number of benzene rings is 1. The molecule has 0 radical (unpaired) electrons. The number of nitrogens with zero attached hydrogens (tertiary/aromatic N) is 2. The third kappa shape index (κ3) is 1.71. The lowest BCUT2D eigenvalue weighted by Crippen LogP contribution is -2.40. The Morgan fingerprint density at radius 1 is 1.33 bits per heavy atom. The van der Waals surface area contributed by atoms with Gasteiger partial charge in [-0.2, -0.15) is 0 Å². The molecule has 2 atom stereocenters. The van der Waals surface area contributed by atoms with Gasteiger partial charge in [-0.3, -0.25) is 15.0 Å². The van der Waals surface area contributed by atoms with Crippen LogP contribution in [-0.4, -0.2) is 29.0 Å². The summed E-state index contributed by atoms with van der Waals surface area (Å²) >= 11 is 0. The summed E-state index contributed by atoms with van der Waals surface area (Å²) in [6.45, 7) is 6.02. The quantitative estimate of drug-likeness (QED) is 0.596. The molecule has 2 aliphatic rings. The molecular formula is C13H16N2O3. The van der Waals surface area contributed by atoms with Crippen LogP contribution in [0.25, 0.3) is 0 Å². The maximum absolute atomic E-state index is 10.8. The van der Waals surface area contributed by atoms with E-state index in [2.05, 4.69) is 18.7 Å². The summed E-state index contributed by atoms with van der Waals surface area (Å²) < 4.78 is 5.92. The Labute approximate surface area is 106 Å². The molecule has 1 saturated heterocycles. The highest BCUT2D eigenvalue weighted by Crippen LogP contribution is 2.44. The molecule has 5 heteroatoms. The van der Waals surface area contributed by atoms with Crippen LogP contribution in [-0.2, 0) is 4.74 Å². The van der Waals surface area contributed by atoms with Crippen molar-refractivity contribution in [3.8, 4) is 0 Å². The van der Waals surface area contributed by atoms with Gasteiger partial charge in [0.05, 0.1) is 17.1 Å². The average molecular weight is 248 g/mol. The molecule has 0 saturated carbocycles. The van der Waals surface area contributed by atoms with Crippen molar-refractivity contribution in [3.05, 3.63) is 39.4 Å². The van der Waals surface area contributed by atoms with Crippen molar-refractivity contribution in [1.82, 2.24) is 4.90 Å². The molecule has 1 aromatic rings. The van der Waals surface area contributed by atoms with Crippen molar-refractivity contribution >= 4 is 5.69 Å². The average Bonchev–Trinajstić information content (AvgIpc) is 2.60. The third-order valence-electron chi connectivity index (χ3n) is 3.83. The van der Waals surface area contributed by atoms with Crippen LogP contribution in [0.3, 0.4) is 0 Å². The molecule has 96 valence electrons. The molecule has 1 fully saturated rings. The Morgan fingerprint density at radius 2 is 2.00 bits per heavy atom. The summed E-state index contributed by atoms with van der Waals surface area (Å²) in [5.41, 5.74) is 2.27. The van der Waals surface area contributed by atoms with Crippen molar-refractivity contribution in [1.29, 1.82) is 0 Å². The van der Waals surface area contributed by atoms with Gasteiger partial charge in [0.15, 0.2) is 0 Å². The lowest BCUT2D eigenvalue weighted by molar-refractivity contribution is -0.384. The Morgan fingerprint density at radius 3 is 2.61 bits per heavy atom. The van der Waals surface area contributed by atoms with Gasteiger partial charge in [0, 0.05) is 31.3 Å². The summed E-state index contributed by atoms with van der Waals surface area (Å²) in [7, 11) is 0. The number of hydrogen-bond acceptors (Lipinski definition) is 4. The van der Waals surface area contributed by atoms with Crippen LogP contribution in [0.2, 0.25) is 0 Å². The molecular weight excluding hydrogens is 232 g/mol. The van der Waals surface area contributed by atoms with Gasteiger partial charge >= 0.3 is 0 Å². The van der Waals surface area contributed by atoms with Crippen molar-refractivity contribution in [2.24, 2.45) is 0 Å². The van der Waals surface area contributed by atoms with E-state index in [9.17, 15) is 10.1 Å². The first-order valence-electron chi connectivity index (χ1n) is 6.24. The molecule has 5 nitrogen and oxygen atoms in total. The first kappa shape index (κ1) is 11.6. The summed E-state index contributed by atoms with van der Waals surface area (Å²) in [5, 5.41) is 10.8. The minimum atomic E-state index is -0.344. The molecule has 2 unspecified atom stereocenters. The molecule has 3 rings (SSSR count). The first-order valence-corrected chi connectivity index (χ1v) is 6.24. The second kappa shape index (κ2) is 4.03. The van der Waals surface area contributed by atoms with E-state index in [1.54, 1.807) is 12.1 Å². The van der Waals surface area contributed by atoms with Gasteiger partial charge in [-0.15, -0.1) is 0 Å². The normalized spacial score (nSPS) is 26.4. The Bertz CT molecular complexity index is 501. The van der Waals surface area contributed by atoms with Crippen LogP contribution in [0.4, 0.5) is 5.69 Å². The van der Waals surface area contributed by atoms with Gasteiger partial charge in [-0.05, 0) is 31.0 Å². The number of morpholine rings is 1. The van der Waals surface area contributed by atoms with E-state index in [1.807, 2.05) is 6.07 Å². The third-order valence-corrected chi connectivity index (χ3v) is 3.83. The van der Waals surface area contributed by atoms with Crippen molar-refractivity contribution in [3.63, 3.8) is 0 Å². The monoisotopic (exact) mass is 248 g/mol. The zero-order valence-electron chi connectivity index (χ0n) is 10.5. The van der Waals surface area contributed by atoms with E-state index in [0.29, 0.717) is 6.04 Å². The Balaban J connectivity index is 1.96. The molecule has 0 aliphatic carbocycles. The minimum Gasteiger partial charge on any atom is -0.363 e. The fourth-order valence-electron chi connectivity index (χ4n) is 2.80. The van der Waals surface area contributed by atoms with E-state index >= 15 is 0 Å². The SMILES string of the molecule is CC(C)N1CC2OC(C1)c1cc([N+](=O)[O-])ccc12. The topological polar surface area (TPSA) is 55.6 Å². The summed E-state index contributed by atoms with van der Waals surface area (Å²) in [5.74, 6) is 0. The van der Waals surface area contributed by atoms with Gasteiger partial charge in [0.2, 0.25) is 0 Å². The maximum atomic E-state index is 10.8. The number of nitro groups is 1. The van der Waals surface area contributed by atoms with Gasteiger partial charge in [0.25, 0.3) is 5.69 Å². The first-order chi connectivity index (χ1) is 8.56. The van der Waals surface area contributed by atoms with Gasteiger partial charge < -0.3 is 4.74 Å². The van der Waals surface area contributed by atoms with Gasteiger partial charge in [-0.1, -0.05) is 0 Å². The van der Waals surface area contributed by atoms with Crippen LogP contribution in [0.1, 0.15) is 37.2 Å². The highest BCUT2D eigenvalue weighted by Gasteiger charge is 2.39. The second-order valence-electron chi connectivity index (χ2n) is 5.23. The fraction of sp³-hybridized carbons (Fsp3) is 0.538. The van der Waals surface area contributed by atoms with Crippen molar-refractivity contribution < 1.29 is 9.66 Å². The molecule has 0 N–H and O–H groups in total. The largest absolute Gasteiger partial charge is 0.363 e. The molecule has 2 heterocycles. The lowest BCUT2D eigenvalue weighted by atomic mass is 10.0.